The van der Waals surface area contributed by atoms with Gasteiger partial charge in [-0.15, -0.1) is 10.2 Å². The van der Waals surface area contributed by atoms with Gasteiger partial charge >= 0.3 is 0 Å². The Bertz CT molecular complexity index is 701. The largest absolute Gasteiger partial charge is 0.419 e. The van der Waals surface area contributed by atoms with E-state index in [9.17, 15) is 4.79 Å². The maximum absolute atomic E-state index is 12.2. The molecule has 0 radical (unpaired) electrons. The van der Waals surface area contributed by atoms with Crippen LogP contribution in [-0.2, 0) is 11.3 Å². The Labute approximate surface area is 139 Å². The number of hydrogen-bond donors (Lipinski definition) is 1. The third-order valence-corrected chi connectivity index (χ3v) is 5.18. The molecule has 1 heterocycles. The zero-order valence-corrected chi connectivity index (χ0v) is 13.4. The number of aromatic nitrogens is 2. The van der Waals surface area contributed by atoms with Gasteiger partial charge in [0, 0.05) is 16.5 Å². The van der Waals surface area contributed by atoms with Crippen LogP contribution in [0.25, 0.3) is 11.5 Å². The first-order chi connectivity index (χ1) is 11.2. The molecule has 0 unspecified atom stereocenters. The molecule has 2 saturated carbocycles. The number of halogens is 1. The Morgan fingerprint density at radius 1 is 1.17 bits per heavy atom. The fourth-order valence-corrected chi connectivity index (χ4v) is 3.82. The summed E-state index contributed by atoms with van der Waals surface area (Å²) in [5.74, 6) is 2.41. The van der Waals surface area contributed by atoms with Gasteiger partial charge in [0.15, 0.2) is 0 Å². The standard InChI is InChI=1S/C17H18ClN3O2/c18-11-7-5-10(6-8-11)17-21-20-14(23-17)9-19-16(22)15-12-3-1-2-4-13(12)15/h5-8,12-13,15H,1-4,9H2,(H,19,22)/t12-,13-/m0/s1. The Hall–Kier alpha value is -1.88. The van der Waals surface area contributed by atoms with Crippen molar-refractivity contribution >= 4 is 17.5 Å². The summed E-state index contributed by atoms with van der Waals surface area (Å²) in [6, 6.07) is 7.20. The predicted molar refractivity (Wildman–Crippen MR) is 85.5 cm³/mol. The first kappa shape index (κ1) is 14.7. The Kier molecular flexibility index (Phi) is 3.81. The first-order valence-corrected chi connectivity index (χ1v) is 8.46. The van der Waals surface area contributed by atoms with Gasteiger partial charge in [-0.25, -0.2) is 0 Å². The summed E-state index contributed by atoms with van der Waals surface area (Å²) >= 11 is 5.86. The molecular formula is C17H18ClN3O2. The number of rotatable bonds is 4. The molecule has 2 aromatic rings. The Balaban J connectivity index is 1.35. The molecule has 5 nitrogen and oxygen atoms in total. The second-order valence-corrected chi connectivity index (χ2v) is 6.80. The van der Waals surface area contributed by atoms with Crippen LogP contribution < -0.4 is 5.32 Å². The fraction of sp³-hybridized carbons (Fsp3) is 0.471. The maximum atomic E-state index is 12.2. The molecule has 1 amide bonds. The van der Waals surface area contributed by atoms with Crippen LogP contribution in [-0.4, -0.2) is 16.1 Å². The molecule has 2 aliphatic carbocycles. The van der Waals surface area contributed by atoms with Crippen LogP contribution >= 0.6 is 11.6 Å². The van der Waals surface area contributed by atoms with Crippen LogP contribution in [0.4, 0.5) is 0 Å². The van der Waals surface area contributed by atoms with Crippen molar-refractivity contribution in [2.75, 3.05) is 0 Å². The number of benzene rings is 1. The molecule has 2 fully saturated rings. The highest BCUT2D eigenvalue weighted by molar-refractivity contribution is 6.30. The minimum absolute atomic E-state index is 0.133. The molecule has 0 spiro atoms. The third kappa shape index (κ3) is 2.98. The van der Waals surface area contributed by atoms with Gasteiger partial charge in [-0.1, -0.05) is 24.4 Å². The van der Waals surface area contributed by atoms with E-state index in [0.29, 0.717) is 28.6 Å². The van der Waals surface area contributed by atoms with Crippen LogP contribution in [0.1, 0.15) is 31.6 Å². The molecule has 1 aromatic carbocycles. The van der Waals surface area contributed by atoms with Gasteiger partial charge in [0.25, 0.3) is 0 Å². The lowest BCUT2D eigenvalue weighted by Crippen LogP contribution is -2.25. The van der Waals surface area contributed by atoms with Gasteiger partial charge in [0.1, 0.15) is 0 Å². The van der Waals surface area contributed by atoms with Gasteiger partial charge < -0.3 is 9.73 Å². The summed E-state index contributed by atoms with van der Waals surface area (Å²) in [5.41, 5.74) is 0.813. The lowest BCUT2D eigenvalue weighted by Gasteiger charge is -2.04. The number of nitrogens with zero attached hydrogens (tertiary/aromatic N) is 2. The van der Waals surface area contributed by atoms with E-state index in [0.717, 1.165) is 5.56 Å². The van der Waals surface area contributed by atoms with Gasteiger partial charge in [-0.05, 0) is 48.9 Å². The van der Waals surface area contributed by atoms with Crippen molar-refractivity contribution in [2.24, 2.45) is 17.8 Å². The summed E-state index contributed by atoms with van der Waals surface area (Å²) in [4.78, 5) is 12.2. The molecule has 1 aromatic heterocycles. The molecule has 120 valence electrons. The Morgan fingerprint density at radius 3 is 2.57 bits per heavy atom. The van der Waals surface area contributed by atoms with Crippen LogP contribution in [0.2, 0.25) is 5.02 Å². The lowest BCUT2D eigenvalue weighted by molar-refractivity contribution is -0.123. The molecule has 4 rings (SSSR count). The highest BCUT2D eigenvalue weighted by Crippen LogP contribution is 2.55. The quantitative estimate of drug-likeness (QED) is 0.931. The van der Waals surface area contributed by atoms with E-state index < -0.39 is 0 Å². The summed E-state index contributed by atoms with van der Waals surface area (Å²) in [7, 11) is 0. The summed E-state index contributed by atoms with van der Waals surface area (Å²) < 4.78 is 5.60. The van der Waals surface area contributed by atoms with E-state index >= 15 is 0 Å². The number of hydrogen-bond acceptors (Lipinski definition) is 4. The number of carbonyl (C=O) groups is 1. The number of nitrogens with one attached hydrogen (secondary N) is 1. The van der Waals surface area contributed by atoms with Gasteiger partial charge in [-0.2, -0.15) is 0 Å². The van der Waals surface area contributed by atoms with Crippen molar-refractivity contribution in [1.82, 2.24) is 15.5 Å². The molecule has 2 atom stereocenters. The maximum Gasteiger partial charge on any atom is 0.247 e. The van der Waals surface area contributed by atoms with Crippen LogP contribution in [0.5, 0.6) is 0 Å². The zero-order valence-electron chi connectivity index (χ0n) is 12.7. The van der Waals surface area contributed by atoms with Crippen molar-refractivity contribution in [3.63, 3.8) is 0 Å². The third-order valence-electron chi connectivity index (χ3n) is 4.93. The summed E-state index contributed by atoms with van der Waals surface area (Å²) in [5, 5.41) is 11.6. The predicted octanol–water partition coefficient (Wildman–Crippen LogP) is 3.44. The molecule has 2 aliphatic rings. The monoisotopic (exact) mass is 331 g/mol. The van der Waals surface area contributed by atoms with Crippen LogP contribution in [0.3, 0.4) is 0 Å². The lowest BCUT2D eigenvalue weighted by atomic mass is 10.0. The van der Waals surface area contributed by atoms with E-state index in [4.69, 9.17) is 16.0 Å². The van der Waals surface area contributed by atoms with E-state index in [1.54, 1.807) is 12.1 Å². The van der Waals surface area contributed by atoms with Crippen molar-refractivity contribution in [3.05, 3.63) is 35.2 Å². The van der Waals surface area contributed by atoms with Crippen LogP contribution in [0, 0.1) is 17.8 Å². The van der Waals surface area contributed by atoms with Crippen molar-refractivity contribution in [2.45, 2.75) is 32.2 Å². The SMILES string of the molecule is O=C(NCc1nnc(-c2ccc(Cl)cc2)o1)C1[C@H]2CCCC[C@H]12. The second-order valence-electron chi connectivity index (χ2n) is 6.36. The van der Waals surface area contributed by atoms with Gasteiger partial charge in [-0.3, -0.25) is 4.79 Å². The van der Waals surface area contributed by atoms with Crippen molar-refractivity contribution < 1.29 is 9.21 Å². The normalized spacial score (nSPS) is 25.7. The molecule has 0 bridgehead atoms. The average molecular weight is 332 g/mol. The van der Waals surface area contributed by atoms with Crippen molar-refractivity contribution in [1.29, 1.82) is 0 Å². The minimum atomic E-state index is 0.133. The second kappa shape index (κ2) is 5.96. The highest BCUT2D eigenvalue weighted by Gasteiger charge is 2.54. The smallest absolute Gasteiger partial charge is 0.247 e. The van der Waals surface area contributed by atoms with Crippen molar-refractivity contribution in [3.8, 4) is 11.5 Å². The van der Waals surface area contributed by atoms with Gasteiger partial charge in [0.2, 0.25) is 17.7 Å². The average Bonchev–Trinajstić information content (AvgIpc) is 3.12. The van der Waals surface area contributed by atoms with Gasteiger partial charge in [0.05, 0.1) is 6.54 Å². The van der Waals surface area contributed by atoms with E-state index in [1.165, 1.54) is 25.7 Å². The first-order valence-electron chi connectivity index (χ1n) is 8.08. The number of fused-ring (bicyclic) bond motifs is 1. The molecule has 0 aliphatic heterocycles. The summed E-state index contributed by atoms with van der Waals surface area (Å²) in [6.07, 6.45) is 4.92. The molecule has 6 heteroatoms. The highest BCUT2D eigenvalue weighted by atomic mass is 35.5. The molecule has 0 saturated heterocycles. The molecule has 23 heavy (non-hydrogen) atoms. The molecule has 1 N–H and O–H groups in total. The zero-order chi connectivity index (χ0) is 15.8. The summed E-state index contributed by atoms with van der Waals surface area (Å²) in [6.45, 7) is 0.287. The topological polar surface area (TPSA) is 68.0 Å². The Morgan fingerprint density at radius 2 is 1.87 bits per heavy atom. The molecular weight excluding hydrogens is 314 g/mol. The van der Waals surface area contributed by atoms with E-state index in [1.807, 2.05) is 12.1 Å². The van der Waals surface area contributed by atoms with E-state index in [-0.39, 0.29) is 18.4 Å². The number of amides is 1. The minimum Gasteiger partial charge on any atom is -0.419 e. The number of carbonyl (C=O) groups excluding carboxylic acids is 1. The van der Waals surface area contributed by atoms with E-state index in [2.05, 4.69) is 15.5 Å². The van der Waals surface area contributed by atoms with Crippen LogP contribution in [0.15, 0.2) is 28.7 Å². The fourth-order valence-electron chi connectivity index (χ4n) is 3.70.